The average molecular weight is 363 g/mol. The van der Waals surface area contributed by atoms with Crippen LogP contribution in [0.3, 0.4) is 0 Å². The van der Waals surface area contributed by atoms with Crippen molar-refractivity contribution in [2.45, 2.75) is 31.7 Å². The molecule has 1 aromatic heterocycles. The van der Waals surface area contributed by atoms with Crippen LogP contribution in [0.5, 0.6) is 0 Å². The summed E-state index contributed by atoms with van der Waals surface area (Å²) in [5, 5.41) is 5.00. The van der Waals surface area contributed by atoms with Gasteiger partial charge in [0.2, 0.25) is 0 Å². The molecule has 3 rings (SSSR count). The number of carbonyl (C=O) groups excluding carboxylic acids is 2. The van der Waals surface area contributed by atoms with E-state index in [2.05, 4.69) is 15.6 Å². The molecule has 8 heteroatoms. The Morgan fingerprint density at radius 3 is 2.46 bits per heavy atom. The first-order valence-corrected chi connectivity index (χ1v) is 8.17. The summed E-state index contributed by atoms with van der Waals surface area (Å²) in [5.41, 5.74) is -0.424. The SMILES string of the molecule is O=C(NC1CCCC1)c1ccnc(C(=O)Nc2ccc(F)c(F)c2F)c1. The van der Waals surface area contributed by atoms with Gasteiger partial charge in [0, 0.05) is 17.8 Å². The highest BCUT2D eigenvalue weighted by molar-refractivity contribution is 6.04. The zero-order valence-corrected chi connectivity index (χ0v) is 13.7. The summed E-state index contributed by atoms with van der Waals surface area (Å²) in [6.07, 6.45) is 5.24. The van der Waals surface area contributed by atoms with E-state index in [1.165, 1.54) is 18.3 Å². The Balaban J connectivity index is 1.74. The van der Waals surface area contributed by atoms with Crippen molar-refractivity contribution in [3.05, 3.63) is 59.2 Å². The molecule has 26 heavy (non-hydrogen) atoms. The van der Waals surface area contributed by atoms with Crippen LogP contribution in [0.25, 0.3) is 0 Å². The van der Waals surface area contributed by atoms with E-state index < -0.39 is 29.0 Å². The van der Waals surface area contributed by atoms with E-state index >= 15 is 0 Å². The summed E-state index contributed by atoms with van der Waals surface area (Å²) in [4.78, 5) is 28.3. The van der Waals surface area contributed by atoms with Gasteiger partial charge < -0.3 is 10.6 Å². The van der Waals surface area contributed by atoms with Crippen molar-refractivity contribution in [1.29, 1.82) is 0 Å². The maximum Gasteiger partial charge on any atom is 0.274 e. The lowest BCUT2D eigenvalue weighted by molar-refractivity contribution is 0.0937. The van der Waals surface area contributed by atoms with Gasteiger partial charge in [0.05, 0.1) is 5.69 Å². The standard InChI is InChI=1S/C18H16F3N3O2/c19-12-5-6-13(16(21)15(12)20)24-18(26)14-9-10(7-8-22-14)17(25)23-11-3-1-2-4-11/h5-9,11H,1-4H2,(H,23,25)(H,24,26). The molecule has 1 aliphatic rings. The van der Waals surface area contributed by atoms with E-state index in [0.29, 0.717) is 6.07 Å². The van der Waals surface area contributed by atoms with Gasteiger partial charge in [-0.3, -0.25) is 14.6 Å². The van der Waals surface area contributed by atoms with E-state index in [9.17, 15) is 22.8 Å². The van der Waals surface area contributed by atoms with Gasteiger partial charge in [0.1, 0.15) is 5.69 Å². The molecule has 2 N–H and O–H groups in total. The maximum atomic E-state index is 13.7. The van der Waals surface area contributed by atoms with Crippen molar-refractivity contribution in [3.63, 3.8) is 0 Å². The van der Waals surface area contributed by atoms with Gasteiger partial charge in [-0.1, -0.05) is 12.8 Å². The van der Waals surface area contributed by atoms with Gasteiger partial charge in [0.15, 0.2) is 17.5 Å². The molecule has 1 heterocycles. The predicted octanol–water partition coefficient (Wildman–Crippen LogP) is 3.42. The lowest BCUT2D eigenvalue weighted by Crippen LogP contribution is -2.32. The number of rotatable bonds is 4. The molecule has 5 nitrogen and oxygen atoms in total. The number of amides is 2. The summed E-state index contributed by atoms with van der Waals surface area (Å²) < 4.78 is 39.8. The van der Waals surface area contributed by atoms with Gasteiger partial charge in [-0.15, -0.1) is 0 Å². The topological polar surface area (TPSA) is 71.1 Å². The van der Waals surface area contributed by atoms with Crippen molar-refractivity contribution in [1.82, 2.24) is 10.3 Å². The van der Waals surface area contributed by atoms with E-state index in [4.69, 9.17) is 0 Å². The van der Waals surface area contributed by atoms with Crippen LogP contribution in [0.1, 0.15) is 46.5 Å². The molecule has 2 amide bonds. The maximum absolute atomic E-state index is 13.7. The Labute approximate surface area is 147 Å². The number of benzene rings is 1. The van der Waals surface area contributed by atoms with E-state index in [0.717, 1.165) is 31.7 Å². The molecule has 136 valence electrons. The fourth-order valence-corrected chi connectivity index (χ4v) is 2.84. The van der Waals surface area contributed by atoms with E-state index in [1.807, 2.05) is 0 Å². The van der Waals surface area contributed by atoms with Crippen molar-refractivity contribution >= 4 is 17.5 Å². The largest absolute Gasteiger partial charge is 0.349 e. The highest BCUT2D eigenvalue weighted by Crippen LogP contribution is 2.21. The average Bonchev–Trinajstić information content (AvgIpc) is 3.15. The zero-order valence-electron chi connectivity index (χ0n) is 13.7. The second kappa shape index (κ2) is 7.55. The molecule has 0 spiro atoms. The minimum atomic E-state index is -1.68. The monoisotopic (exact) mass is 363 g/mol. The quantitative estimate of drug-likeness (QED) is 0.818. The van der Waals surface area contributed by atoms with Crippen molar-refractivity contribution in [3.8, 4) is 0 Å². The van der Waals surface area contributed by atoms with Crippen LogP contribution in [-0.2, 0) is 0 Å². The van der Waals surface area contributed by atoms with Gasteiger partial charge in [0.25, 0.3) is 11.8 Å². The molecule has 0 unspecified atom stereocenters. The van der Waals surface area contributed by atoms with Crippen LogP contribution in [0.4, 0.5) is 18.9 Å². The molecule has 0 atom stereocenters. The first-order chi connectivity index (χ1) is 12.5. The van der Waals surface area contributed by atoms with Gasteiger partial charge in [-0.2, -0.15) is 0 Å². The number of anilines is 1. The fourth-order valence-electron chi connectivity index (χ4n) is 2.84. The Bertz CT molecular complexity index is 852. The molecule has 1 saturated carbocycles. The summed E-state index contributed by atoms with van der Waals surface area (Å²) in [6.45, 7) is 0. The molecule has 0 aliphatic heterocycles. The predicted molar refractivity (Wildman–Crippen MR) is 88.2 cm³/mol. The Hall–Kier alpha value is -2.90. The van der Waals surface area contributed by atoms with E-state index in [-0.39, 0.29) is 23.2 Å². The summed E-state index contributed by atoms with van der Waals surface area (Å²) in [6, 6.07) is 4.44. The van der Waals surface area contributed by atoms with Crippen molar-refractivity contribution < 1.29 is 22.8 Å². The van der Waals surface area contributed by atoms with E-state index in [1.54, 1.807) is 0 Å². The number of hydrogen-bond acceptors (Lipinski definition) is 3. The van der Waals surface area contributed by atoms with Crippen LogP contribution >= 0.6 is 0 Å². The number of pyridine rings is 1. The summed E-state index contributed by atoms with van der Waals surface area (Å²) >= 11 is 0. The van der Waals surface area contributed by atoms with Crippen LogP contribution < -0.4 is 10.6 Å². The third-order valence-corrected chi connectivity index (χ3v) is 4.23. The third kappa shape index (κ3) is 3.84. The summed E-state index contributed by atoms with van der Waals surface area (Å²) in [7, 11) is 0. The lowest BCUT2D eigenvalue weighted by atomic mass is 10.1. The fraction of sp³-hybridized carbons (Fsp3) is 0.278. The Morgan fingerprint density at radius 2 is 1.73 bits per heavy atom. The van der Waals surface area contributed by atoms with Crippen LogP contribution in [0.2, 0.25) is 0 Å². The number of hydrogen-bond donors (Lipinski definition) is 2. The summed E-state index contributed by atoms with van der Waals surface area (Å²) in [5.74, 6) is -5.71. The highest BCUT2D eigenvalue weighted by Gasteiger charge is 2.20. The molecular formula is C18H16F3N3O2. The first kappa shape index (κ1) is 17.9. The molecule has 1 aromatic carbocycles. The second-order valence-electron chi connectivity index (χ2n) is 6.06. The molecule has 0 radical (unpaired) electrons. The second-order valence-corrected chi connectivity index (χ2v) is 6.06. The molecule has 1 aliphatic carbocycles. The Kier molecular flexibility index (Phi) is 5.20. The first-order valence-electron chi connectivity index (χ1n) is 8.17. The molecular weight excluding hydrogens is 347 g/mol. The van der Waals surface area contributed by atoms with Gasteiger partial charge in [-0.05, 0) is 37.1 Å². The number of nitrogens with one attached hydrogen (secondary N) is 2. The lowest BCUT2D eigenvalue weighted by Gasteiger charge is -2.12. The minimum absolute atomic E-state index is 0.115. The number of nitrogens with zero attached hydrogens (tertiary/aromatic N) is 1. The molecule has 2 aromatic rings. The van der Waals surface area contributed by atoms with Crippen molar-refractivity contribution in [2.75, 3.05) is 5.32 Å². The van der Waals surface area contributed by atoms with Crippen LogP contribution in [0, 0.1) is 17.5 Å². The van der Waals surface area contributed by atoms with Crippen molar-refractivity contribution in [2.24, 2.45) is 0 Å². The van der Waals surface area contributed by atoms with Crippen LogP contribution in [0.15, 0.2) is 30.5 Å². The van der Waals surface area contributed by atoms with Gasteiger partial charge in [-0.25, -0.2) is 13.2 Å². The van der Waals surface area contributed by atoms with Gasteiger partial charge >= 0.3 is 0 Å². The normalized spacial score (nSPS) is 14.3. The Morgan fingerprint density at radius 1 is 1.00 bits per heavy atom. The minimum Gasteiger partial charge on any atom is -0.349 e. The molecule has 1 fully saturated rings. The van der Waals surface area contributed by atoms with Crippen LogP contribution in [-0.4, -0.2) is 22.8 Å². The smallest absolute Gasteiger partial charge is 0.274 e. The number of halogens is 3. The molecule has 0 saturated heterocycles. The number of aromatic nitrogens is 1. The third-order valence-electron chi connectivity index (χ3n) is 4.23. The highest BCUT2D eigenvalue weighted by atomic mass is 19.2. The molecule has 0 bridgehead atoms. The zero-order chi connectivity index (χ0) is 18.7. The number of carbonyl (C=O) groups is 2.